The maximum Gasteiger partial charge on any atom is 0.410 e. The molecule has 1 amide bonds. The Bertz CT molecular complexity index is 642. The Morgan fingerprint density at radius 2 is 1.92 bits per heavy atom. The number of carbonyl (C=O) groups excluding carboxylic acids is 2. The molecule has 2 rings (SSSR count). The number of nitrogens with one attached hydrogen (secondary N) is 1. The van der Waals surface area contributed by atoms with Gasteiger partial charge in [-0.25, -0.2) is 18.5 Å². The number of nitrogens with zero attached hydrogens (tertiary/aromatic N) is 1. The third-order valence-electron chi connectivity index (χ3n) is 3.87. The Hall–Kier alpha value is -2.19. The van der Waals surface area contributed by atoms with E-state index < -0.39 is 17.0 Å². The molecule has 7 nitrogen and oxygen atoms in total. The van der Waals surface area contributed by atoms with Crippen molar-refractivity contribution in [2.24, 2.45) is 0 Å². The number of likely N-dealkylation sites (tertiary alicyclic amines) is 1. The highest BCUT2D eigenvalue weighted by atomic mass is 32.2. The minimum absolute atomic E-state index is 0.0691. The van der Waals surface area contributed by atoms with E-state index in [4.69, 9.17) is 4.74 Å². The van der Waals surface area contributed by atoms with Crippen LogP contribution in [0.3, 0.4) is 0 Å². The summed E-state index contributed by atoms with van der Waals surface area (Å²) >= 11 is 0. The standard InChI is InChI=1S/C17H22N2O5S/c1-13(16(20)23-2)25(22)18-15-8-10-19(11-9-15)17(21)24-12-14-6-4-3-5-7-14/h3-7,15,18H,1,8-12H2,2H3. The molecule has 136 valence electrons. The van der Waals surface area contributed by atoms with Gasteiger partial charge < -0.3 is 14.4 Å². The van der Waals surface area contributed by atoms with Gasteiger partial charge in [0.05, 0.1) is 7.11 Å². The summed E-state index contributed by atoms with van der Waals surface area (Å²) in [5, 5.41) is 0. The molecule has 8 heteroatoms. The number of esters is 1. The first-order valence-corrected chi connectivity index (χ1v) is 9.07. The van der Waals surface area contributed by atoms with E-state index in [2.05, 4.69) is 16.0 Å². The fourth-order valence-electron chi connectivity index (χ4n) is 2.40. The number of rotatable bonds is 6. The quantitative estimate of drug-likeness (QED) is 0.612. The molecule has 0 aromatic heterocycles. The smallest absolute Gasteiger partial charge is 0.410 e. The van der Waals surface area contributed by atoms with Gasteiger partial charge in [-0.15, -0.1) is 0 Å². The van der Waals surface area contributed by atoms with E-state index in [1.165, 1.54) is 7.11 Å². The lowest BCUT2D eigenvalue weighted by molar-refractivity contribution is -0.135. The minimum atomic E-state index is -1.70. The van der Waals surface area contributed by atoms with Crippen LogP contribution in [0.1, 0.15) is 18.4 Å². The van der Waals surface area contributed by atoms with Gasteiger partial charge in [0.25, 0.3) is 0 Å². The molecule has 1 saturated heterocycles. The largest absolute Gasteiger partial charge is 0.465 e. The van der Waals surface area contributed by atoms with E-state index in [1.54, 1.807) is 4.90 Å². The highest BCUT2D eigenvalue weighted by molar-refractivity contribution is 7.88. The molecule has 1 N–H and O–H groups in total. The van der Waals surface area contributed by atoms with Gasteiger partial charge in [-0.05, 0) is 18.4 Å². The molecule has 0 saturated carbocycles. The van der Waals surface area contributed by atoms with E-state index in [0.29, 0.717) is 25.9 Å². The second-order valence-electron chi connectivity index (χ2n) is 5.60. The van der Waals surface area contributed by atoms with Gasteiger partial charge in [0.2, 0.25) is 0 Å². The van der Waals surface area contributed by atoms with Crippen molar-refractivity contribution < 1.29 is 23.3 Å². The SMILES string of the molecule is C=C(C(=O)OC)S(=O)NC1CCN(C(=O)OCc2ccccc2)CC1. The number of benzene rings is 1. The van der Waals surface area contributed by atoms with Crippen LogP contribution in [-0.4, -0.2) is 47.4 Å². The molecule has 1 aliphatic rings. The highest BCUT2D eigenvalue weighted by Gasteiger charge is 2.26. The van der Waals surface area contributed by atoms with Crippen LogP contribution < -0.4 is 4.72 Å². The van der Waals surface area contributed by atoms with Gasteiger partial charge >= 0.3 is 12.1 Å². The van der Waals surface area contributed by atoms with Gasteiger partial charge in [-0.1, -0.05) is 36.9 Å². The van der Waals surface area contributed by atoms with E-state index in [-0.39, 0.29) is 23.6 Å². The Balaban J connectivity index is 1.73. The van der Waals surface area contributed by atoms with Gasteiger partial charge in [0.15, 0.2) is 0 Å². The van der Waals surface area contributed by atoms with Crippen LogP contribution >= 0.6 is 0 Å². The summed E-state index contributed by atoms with van der Waals surface area (Å²) < 4.78 is 24.6. The number of methoxy groups -OCH3 is 1. The number of hydrogen-bond acceptors (Lipinski definition) is 5. The zero-order valence-electron chi connectivity index (χ0n) is 14.1. The van der Waals surface area contributed by atoms with Crippen molar-refractivity contribution in [3.63, 3.8) is 0 Å². The molecule has 0 spiro atoms. The molecule has 0 bridgehead atoms. The van der Waals surface area contributed by atoms with Crippen molar-refractivity contribution in [3.05, 3.63) is 47.4 Å². The Morgan fingerprint density at radius 3 is 2.52 bits per heavy atom. The molecule has 1 unspecified atom stereocenters. The lowest BCUT2D eigenvalue weighted by atomic mass is 10.1. The van der Waals surface area contributed by atoms with E-state index in [9.17, 15) is 13.8 Å². The van der Waals surface area contributed by atoms with Crippen LogP contribution in [0.2, 0.25) is 0 Å². The van der Waals surface area contributed by atoms with Crippen LogP contribution in [0.25, 0.3) is 0 Å². The highest BCUT2D eigenvalue weighted by Crippen LogP contribution is 2.14. The van der Waals surface area contributed by atoms with E-state index in [1.807, 2.05) is 30.3 Å². The van der Waals surface area contributed by atoms with Gasteiger partial charge in [-0.3, -0.25) is 0 Å². The molecule has 1 fully saturated rings. The monoisotopic (exact) mass is 366 g/mol. The average molecular weight is 366 g/mol. The minimum Gasteiger partial charge on any atom is -0.465 e. The molecule has 0 radical (unpaired) electrons. The van der Waals surface area contributed by atoms with Crippen molar-refractivity contribution in [3.8, 4) is 0 Å². The molecule has 0 aliphatic carbocycles. The van der Waals surface area contributed by atoms with Gasteiger partial charge in [0.1, 0.15) is 22.5 Å². The maximum atomic E-state index is 12.1. The molecular weight excluding hydrogens is 344 g/mol. The molecular formula is C17H22N2O5S. The van der Waals surface area contributed by atoms with Crippen molar-refractivity contribution in [1.82, 2.24) is 9.62 Å². The number of ether oxygens (including phenoxy) is 2. The predicted octanol–water partition coefficient (Wildman–Crippen LogP) is 1.73. The van der Waals surface area contributed by atoms with Crippen molar-refractivity contribution >= 4 is 23.0 Å². The number of amides is 1. The van der Waals surface area contributed by atoms with Crippen LogP contribution in [-0.2, 0) is 31.9 Å². The van der Waals surface area contributed by atoms with Crippen molar-refractivity contribution in [2.75, 3.05) is 20.2 Å². The number of piperidine rings is 1. The first kappa shape index (κ1) is 19.1. The van der Waals surface area contributed by atoms with Crippen LogP contribution in [0.15, 0.2) is 41.8 Å². The Labute approximate surface area is 149 Å². The molecule has 25 heavy (non-hydrogen) atoms. The normalized spacial score (nSPS) is 16.1. The fraction of sp³-hybridized carbons (Fsp3) is 0.412. The first-order chi connectivity index (χ1) is 12.0. The van der Waals surface area contributed by atoms with Crippen molar-refractivity contribution in [2.45, 2.75) is 25.5 Å². The zero-order chi connectivity index (χ0) is 18.2. The maximum absolute atomic E-state index is 12.1. The van der Waals surface area contributed by atoms with Crippen molar-refractivity contribution in [1.29, 1.82) is 0 Å². The summed E-state index contributed by atoms with van der Waals surface area (Å²) in [6.45, 7) is 4.69. The number of carbonyl (C=O) groups is 2. The lowest BCUT2D eigenvalue weighted by Crippen LogP contribution is -2.45. The van der Waals surface area contributed by atoms with Crippen LogP contribution in [0.4, 0.5) is 4.79 Å². The summed E-state index contributed by atoms with van der Waals surface area (Å²) in [6.07, 6.45) is 0.865. The summed E-state index contributed by atoms with van der Waals surface area (Å²) in [4.78, 5) is 24.9. The van der Waals surface area contributed by atoms with E-state index >= 15 is 0 Å². The third kappa shape index (κ3) is 5.68. The average Bonchev–Trinajstić information content (AvgIpc) is 2.66. The first-order valence-electron chi connectivity index (χ1n) is 7.92. The molecule has 1 aromatic rings. The second-order valence-corrected chi connectivity index (χ2v) is 6.87. The van der Waals surface area contributed by atoms with Gasteiger partial charge in [0, 0.05) is 19.1 Å². The summed E-state index contributed by atoms with van der Waals surface area (Å²) in [6, 6.07) is 9.41. The molecule has 1 heterocycles. The lowest BCUT2D eigenvalue weighted by Gasteiger charge is -2.31. The zero-order valence-corrected chi connectivity index (χ0v) is 14.9. The Morgan fingerprint density at radius 1 is 1.28 bits per heavy atom. The second kappa shape index (κ2) is 9.33. The molecule has 1 aliphatic heterocycles. The Kier molecular flexibility index (Phi) is 7.15. The summed E-state index contributed by atoms with van der Waals surface area (Å²) in [5.74, 6) is -0.701. The van der Waals surface area contributed by atoms with Crippen LogP contribution in [0, 0.1) is 0 Å². The topological polar surface area (TPSA) is 84.9 Å². The van der Waals surface area contributed by atoms with E-state index in [0.717, 1.165) is 5.56 Å². The summed E-state index contributed by atoms with van der Waals surface area (Å²) in [5.41, 5.74) is 0.934. The molecule has 1 aromatic carbocycles. The van der Waals surface area contributed by atoms with Crippen LogP contribution in [0.5, 0.6) is 0 Å². The fourth-order valence-corrected chi connectivity index (χ4v) is 3.32. The summed E-state index contributed by atoms with van der Waals surface area (Å²) in [7, 11) is -0.484. The number of hydrogen-bond donors (Lipinski definition) is 1. The van der Waals surface area contributed by atoms with Gasteiger partial charge in [-0.2, -0.15) is 0 Å². The third-order valence-corrected chi connectivity index (χ3v) is 5.03. The molecule has 1 atom stereocenters. The predicted molar refractivity (Wildman–Crippen MR) is 93.7 cm³/mol.